The van der Waals surface area contributed by atoms with Gasteiger partial charge in [-0.15, -0.1) is 0 Å². The van der Waals surface area contributed by atoms with E-state index >= 15 is 0 Å². The second kappa shape index (κ2) is 8.59. The van der Waals surface area contributed by atoms with E-state index in [1.54, 1.807) is 14.1 Å². The molecule has 1 unspecified atom stereocenters. The molecule has 4 heteroatoms. The highest BCUT2D eigenvalue weighted by atomic mass is 16.5. The summed E-state index contributed by atoms with van der Waals surface area (Å²) in [7, 11) is 3.44. The molecule has 1 amide bonds. The maximum Gasteiger partial charge on any atom is 0.259 e. The molecule has 0 saturated heterocycles. The molecule has 0 aliphatic heterocycles. The lowest BCUT2D eigenvalue weighted by molar-refractivity contribution is -0.130. The van der Waals surface area contributed by atoms with Crippen molar-refractivity contribution in [3.63, 3.8) is 0 Å². The lowest BCUT2D eigenvalue weighted by atomic mass is 10.0. The molecular formula is C16H26N2O2. The molecule has 0 radical (unpaired) electrons. The summed E-state index contributed by atoms with van der Waals surface area (Å²) < 4.78 is 5.47. The topological polar surface area (TPSA) is 41.6 Å². The van der Waals surface area contributed by atoms with E-state index in [0.717, 1.165) is 25.1 Å². The van der Waals surface area contributed by atoms with Crippen molar-refractivity contribution in [1.82, 2.24) is 10.2 Å². The number of rotatable bonds is 8. The lowest BCUT2D eigenvalue weighted by Gasteiger charge is -2.17. The van der Waals surface area contributed by atoms with E-state index in [4.69, 9.17) is 4.74 Å². The van der Waals surface area contributed by atoms with E-state index in [1.807, 2.05) is 12.1 Å². The van der Waals surface area contributed by atoms with Crippen LogP contribution in [0.25, 0.3) is 0 Å². The van der Waals surface area contributed by atoms with Gasteiger partial charge in [0.15, 0.2) is 6.61 Å². The van der Waals surface area contributed by atoms with Gasteiger partial charge < -0.3 is 15.0 Å². The van der Waals surface area contributed by atoms with Gasteiger partial charge in [-0.3, -0.25) is 4.79 Å². The van der Waals surface area contributed by atoms with Crippen molar-refractivity contribution in [2.45, 2.75) is 32.7 Å². The Labute approximate surface area is 122 Å². The Hall–Kier alpha value is -1.55. The van der Waals surface area contributed by atoms with Crippen molar-refractivity contribution < 1.29 is 9.53 Å². The summed E-state index contributed by atoms with van der Waals surface area (Å²) in [5.74, 6) is 0.694. The number of carbonyl (C=O) groups is 1. The summed E-state index contributed by atoms with van der Waals surface area (Å²) >= 11 is 0. The molecule has 112 valence electrons. The van der Waals surface area contributed by atoms with Crippen LogP contribution in [0.1, 0.15) is 38.3 Å². The number of hydrogen-bond donors (Lipinski definition) is 1. The Balaban J connectivity index is 2.56. The van der Waals surface area contributed by atoms with E-state index < -0.39 is 0 Å². The summed E-state index contributed by atoms with van der Waals surface area (Å²) in [6, 6.07) is 8.36. The van der Waals surface area contributed by atoms with E-state index in [1.165, 1.54) is 10.5 Å². The van der Waals surface area contributed by atoms with Crippen molar-refractivity contribution >= 4 is 5.91 Å². The first-order valence-corrected chi connectivity index (χ1v) is 7.24. The summed E-state index contributed by atoms with van der Waals surface area (Å²) in [4.78, 5) is 13.0. The number of nitrogens with one attached hydrogen (secondary N) is 1. The molecule has 0 aliphatic rings. The number of carbonyl (C=O) groups excluding carboxylic acids is 1. The summed E-state index contributed by atoms with van der Waals surface area (Å²) in [6.45, 7) is 5.44. The predicted octanol–water partition coefficient (Wildman–Crippen LogP) is 2.60. The van der Waals surface area contributed by atoms with Crippen molar-refractivity contribution in [1.29, 1.82) is 0 Å². The van der Waals surface area contributed by atoms with Gasteiger partial charge >= 0.3 is 0 Å². The van der Waals surface area contributed by atoms with Crippen molar-refractivity contribution in [3.8, 4) is 5.75 Å². The van der Waals surface area contributed by atoms with Crippen molar-refractivity contribution in [2.75, 3.05) is 27.2 Å². The van der Waals surface area contributed by atoms with Crippen LogP contribution >= 0.6 is 0 Å². The van der Waals surface area contributed by atoms with Crippen LogP contribution in [0, 0.1) is 0 Å². The number of likely N-dealkylation sites (N-methyl/N-ethyl adjacent to an activating group) is 1. The molecule has 1 N–H and O–H groups in total. The Morgan fingerprint density at radius 2 is 1.90 bits per heavy atom. The van der Waals surface area contributed by atoms with Crippen LogP contribution in [0.15, 0.2) is 24.3 Å². The summed E-state index contributed by atoms with van der Waals surface area (Å²) in [5, 5.41) is 3.52. The molecule has 0 aromatic heterocycles. The van der Waals surface area contributed by atoms with Gasteiger partial charge in [0.05, 0.1) is 0 Å². The Bertz CT molecular complexity index is 401. The molecule has 0 spiro atoms. The molecule has 1 atom stereocenters. The van der Waals surface area contributed by atoms with E-state index in [2.05, 4.69) is 31.3 Å². The smallest absolute Gasteiger partial charge is 0.259 e. The third kappa shape index (κ3) is 5.21. The van der Waals surface area contributed by atoms with Gasteiger partial charge in [-0.25, -0.2) is 0 Å². The molecule has 0 aliphatic carbocycles. The standard InChI is InChI=1S/C16H26N2O2/c1-5-11-17-15(6-2)13-7-9-14(10-8-13)20-12-16(19)18(3)4/h7-10,15,17H,5-6,11-12H2,1-4H3. The second-order valence-corrected chi connectivity index (χ2v) is 5.06. The average Bonchev–Trinajstić information content (AvgIpc) is 2.46. The summed E-state index contributed by atoms with van der Waals surface area (Å²) in [6.07, 6.45) is 2.18. The van der Waals surface area contributed by atoms with Gasteiger partial charge in [0.2, 0.25) is 0 Å². The first-order chi connectivity index (χ1) is 9.58. The largest absolute Gasteiger partial charge is 0.484 e. The molecule has 20 heavy (non-hydrogen) atoms. The minimum Gasteiger partial charge on any atom is -0.484 e. The first-order valence-electron chi connectivity index (χ1n) is 7.24. The third-order valence-electron chi connectivity index (χ3n) is 3.19. The molecule has 1 aromatic rings. The van der Waals surface area contributed by atoms with Gasteiger partial charge in [0.1, 0.15) is 5.75 Å². The maximum absolute atomic E-state index is 11.4. The monoisotopic (exact) mass is 278 g/mol. The molecule has 0 heterocycles. The zero-order valence-electron chi connectivity index (χ0n) is 13.0. The minimum atomic E-state index is -0.0369. The van der Waals surface area contributed by atoms with E-state index in [-0.39, 0.29) is 12.5 Å². The molecular weight excluding hydrogens is 252 g/mol. The minimum absolute atomic E-state index is 0.0369. The van der Waals surface area contributed by atoms with Gasteiger partial charge in [0.25, 0.3) is 5.91 Å². The van der Waals surface area contributed by atoms with Gasteiger partial charge in [-0.05, 0) is 37.1 Å². The Morgan fingerprint density at radius 1 is 1.25 bits per heavy atom. The van der Waals surface area contributed by atoms with Gasteiger partial charge in [-0.2, -0.15) is 0 Å². The molecule has 0 bridgehead atoms. The number of benzene rings is 1. The highest BCUT2D eigenvalue weighted by Crippen LogP contribution is 2.20. The van der Waals surface area contributed by atoms with Crippen molar-refractivity contribution in [3.05, 3.63) is 29.8 Å². The van der Waals surface area contributed by atoms with Crippen LogP contribution in [0.3, 0.4) is 0 Å². The number of amides is 1. The third-order valence-corrected chi connectivity index (χ3v) is 3.19. The highest BCUT2D eigenvalue weighted by molar-refractivity contribution is 5.77. The van der Waals surface area contributed by atoms with E-state index in [9.17, 15) is 4.79 Å². The fourth-order valence-corrected chi connectivity index (χ4v) is 1.89. The Kier molecular flexibility index (Phi) is 7.09. The van der Waals surface area contributed by atoms with Gasteiger partial charge in [0, 0.05) is 20.1 Å². The average molecular weight is 278 g/mol. The van der Waals surface area contributed by atoms with Crippen LogP contribution in [0.2, 0.25) is 0 Å². The normalized spacial score (nSPS) is 12.0. The highest BCUT2D eigenvalue weighted by Gasteiger charge is 2.09. The van der Waals surface area contributed by atoms with Crippen LogP contribution < -0.4 is 10.1 Å². The number of ether oxygens (including phenoxy) is 1. The maximum atomic E-state index is 11.4. The number of nitrogens with zero attached hydrogens (tertiary/aromatic N) is 1. The van der Waals surface area contributed by atoms with Crippen LogP contribution in [-0.2, 0) is 4.79 Å². The molecule has 1 rings (SSSR count). The molecule has 0 fully saturated rings. The SMILES string of the molecule is CCCNC(CC)c1ccc(OCC(=O)N(C)C)cc1. The molecule has 0 saturated carbocycles. The lowest BCUT2D eigenvalue weighted by Crippen LogP contribution is -2.27. The first kappa shape index (κ1) is 16.5. The van der Waals surface area contributed by atoms with Gasteiger partial charge in [-0.1, -0.05) is 26.0 Å². The summed E-state index contributed by atoms with van der Waals surface area (Å²) in [5.41, 5.74) is 1.26. The second-order valence-electron chi connectivity index (χ2n) is 5.06. The fraction of sp³-hybridized carbons (Fsp3) is 0.562. The fourth-order valence-electron chi connectivity index (χ4n) is 1.89. The quantitative estimate of drug-likeness (QED) is 0.794. The Morgan fingerprint density at radius 3 is 2.40 bits per heavy atom. The van der Waals surface area contributed by atoms with Crippen molar-refractivity contribution in [2.24, 2.45) is 0 Å². The van der Waals surface area contributed by atoms with Crippen LogP contribution in [-0.4, -0.2) is 38.1 Å². The zero-order valence-corrected chi connectivity index (χ0v) is 13.0. The number of hydrogen-bond acceptors (Lipinski definition) is 3. The molecule has 1 aromatic carbocycles. The molecule has 4 nitrogen and oxygen atoms in total. The van der Waals surface area contributed by atoms with E-state index in [0.29, 0.717) is 6.04 Å². The predicted molar refractivity (Wildman–Crippen MR) is 82.0 cm³/mol. The van der Waals surface area contributed by atoms with Crippen LogP contribution in [0.4, 0.5) is 0 Å². The zero-order chi connectivity index (χ0) is 15.0. The van der Waals surface area contributed by atoms with Crippen LogP contribution in [0.5, 0.6) is 5.75 Å².